The second-order valence-corrected chi connectivity index (χ2v) is 7.47. The number of pyridine rings is 1. The molecule has 0 radical (unpaired) electrons. The largest absolute Gasteiger partial charge is 0.366 e. The molecule has 0 unspecified atom stereocenters. The Labute approximate surface area is 155 Å². The van der Waals surface area contributed by atoms with Crippen LogP contribution in [0.5, 0.6) is 0 Å². The number of hydrogen-bond acceptors (Lipinski definition) is 5. The van der Waals surface area contributed by atoms with Crippen molar-refractivity contribution in [2.75, 3.05) is 6.54 Å². The second-order valence-electron chi connectivity index (χ2n) is 6.53. The van der Waals surface area contributed by atoms with E-state index < -0.39 is 5.91 Å². The van der Waals surface area contributed by atoms with Gasteiger partial charge in [0.2, 0.25) is 5.91 Å². The van der Waals surface area contributed by atoms with Gasteiger partial charge >= 0.3 is 0 Å². The third-order valence-electron chi connectivity index (χ3n) is 4.16. The molecule has 0 saturated carbocycles. The van der Waals surface area contributed by atoms with Crippen LogP contribution in [-0.4, -0.2) is 22.4 Å². The molecule has 136 valence electrons. The molecule has 1 amide bonds. The standard InChI is InChI=1S/C19H22N4O2S/c1-11(2)16-10-26-18(23-16)5-6-21-9-13-8-17(24)14-7-12(19(20)25)3-4-15(14)22-13/h3-4,7-8,10-11,21H,5-6,9H2,1-2H3,(H2,20,25)(H,22,24). The summed E-state index contributed by atoms with van der Waals surface area (Å²) in [6.45, 7) is 5.62. The number of aromatic amines is 1. The first-order valence-electron chi connectivity index (χ1n) is 8.55. The van der Waals surface area contributed by atoms with Gasteiger partial charge in [0.15, 0.2) is 5.43 Å². The molecule has 0 atom stereocenters. The number of hydrogen-bond donors (Lipinski definition) is 3. The molecule has 6 nitrogen and oxygen atoms in total. The molecule has 2 heterocycles. The zero-order chi connectivity index (χ0) is 18.7. The number of nitrogens with two attached hydrogens (primary N) is 1. The molecule has 0 aliphatic carbocycles. The molecule has 3 rings (SSSR count). The Hall–Kier alpha value is -2.51. The molecule has 2 aromatic heterocycles. The second kappa shape index (κ2) is 7.80. The normalized spacial score (nSPS) is 11.3. The van der Waals surface area contributed by atoms with Crippen molar-refractivity contribution in [1.29, 1.82) is 0 Å². The van der Waals surface area contributed by atoms with Crippen LogP contribution in [0.3, 0.4) is 0 Å². The minimum absolute atomic E-state index is 0.125. The molecule has 7 heteroatoms. The van der Waals surface area contributed by atoms with Crippen molar-refractivity contribution < 1.29 is 4.79 Å². The van der Waals surface area contributed by atoms with Crippen LogP contribution >= 0.6 is 11.3 Å². The number of aromatic nitrogens is 2. The average Bonchev–Trinajstić information content (AvgIpc) is 3.07. The van der Waals surface area contributed by atoms with E-state index in [0.717, 1.165) is 29.4 Å². The fourth-order valence-electron chi connectivity index (χ4n) is 2.67. The lowest BCUT2D eigenvalue weighted by atomic mass is 10.1. The van der Waals surface area contributed by atoms with E-state index in [2.05, 4.69) is 34.5 Å². The van der Waals surface area contributed by atoms with Crippen LogP contribution < -0.4 is 16.5 Å². The monoisotopic (exact) mass is 370 g/mol. The van der Waals surface area contributed by atoms with Gasteiger partial charge in [0.25, 0.3) is 0 Å². The number of H-pyrrole nitrogens is 1. The zero-order valence-electron chi connectivity index (χ0n) is 14.8. The SMILES string of the molecule is CC(C)c1csc(CCNCc2cc(=O)c3cc(C(N)=O)ccc3[nH]2)n1. The fourth-order valence-corrected chi connectivity index (χ4v) is 3.63. The van der Waals surface area contributed by atoms with E-state index in [1.165, 1.54) is 6.07 Å². The predicted octanol–water partition coefficient (Wildman–Crippen LogP) is 2.54. The number of benzene rings is 1. The Balaban J connectivity index is 1.62. The molecule has 4 N–H and O–H groups in total. The highest BCUT2D eigenvalue weighted by atomic mass is 32.1. The van der Waals surface area contributed by atoms with Crippen molar-refractivity contribution in [3.05, 3.63) is 61.8 Å². The lowest BCUT2D eigenvalue weighted by Gasteiger charge is -2.07. The van der Waals surface area contributed by atoms with Crippen molar-refractivity contribution in [1.82, 2.24) is 15.3 Å². The van der Waals surface area contributed by atoms with Crippen LogP contribution in [0.4, 0.5) is 0 Å². The quantitative estimate of drug-likeness (QED) is 0.556. The highest BCUT2D eigenvalue weighted by Gasteiger charge is 2.07. The number of rotatable bonds is 7. The Morgan fingerprint density at radius 1 is 1.35 bits per heavy atom. The van der Waals surface area contributed by atoms with E-state index in [-0.39, 0.29) is 5.43 Å². The Morgan fingerprint density at radius 3 is 2.85 bits per heavy atom. The van der Waals surface area contributed by atoms with E-state index in [0.29, 0.717) is 28.9 Å². The van der Waals surface area contributed by atoms with Gasteiger partial charge in [-0.3, -0.25) is 9.59 Å². The van der Waals surface area contributed by atoms with Crippen molar-refractivity contribution in [2.24, 2.45) is 5.73 Å². The van der Waals surface area contributed by atoms with Crippen molar-refractivity contribution in [3.8, 4) is 0 Å². The lowest BCUT2D eigenvalue weighted by molar-refractivity contribution is 0.100. The number of nitrogens with one attached hydrogen (secondary N) is 2. The molecule has 0 aliphatic heterocycles. The summed E-state index contributed by atoms with van der Waals surface area (Å²) in [4.78, 5) is 31.4. The number of carbonyl (C=O) groups is 1. The molecular weight excluding hydrogens is 348 g/mol. The zero-order valence-corrected chi connectivity index (χ0v) is 15.7. The maximum absolute atomic E-state index is 12.3. The number of thiazole rings is 1. The summed E-state index contributed by atoms with van der Waals surface area (Å²) in [7, 11) is 0. The Morgan fingerprint density at radius 2 is 2.15 bits per heavy atom. The predicted molar refractivity (Wildman–Crippen MR) is 105 cm³/mol. The number of carbonyl (C=O) groups excluding carboxylic acids is 1. The van der Waals surface area contributed by atoms with Gasteiger partial charge < -0.3 is 16.0 Å². The first-order valence-corrected chi connectivity index (χ1v) is 9.43. The summed E-state index contributed by atoms with van der Waals surface area (Å²) in [5, 5.41) is 7.03. The molecule has 0 spiro atoms. The van der Waals surface area contributed by atoms with Crippen molar-refractivity contribution in [3.63, 3.8) is 0 Å². The first kappa shape index (κ1) is 18.3. The Bertz CT molecular complexity index is 991. The van der Waals surface area contributed by atoms with Crippen LogP contribution in [0.1, 0.15) is 46.5 Å². The highest BCUT2D eigenvalue weighted by molar-refractivity contribution is 7.09. The summed E-state index contributed by atoms with van der Waals surface area (Å²) < 4.78 is 0. The van der Waals surface area contributed by atoms with Gasteiger partial charge in [-0.25, -0.2) is 4.98 Å². The summed E-state index contributed by atoms with van der Waals surface area (Å²) in [6.07, 6.45) is 0.858. The number of primary amides is 1. The summed E-state index contributed by atoms with van der Waals surface area (Å²) in [5.41, 5.74) is 8.11. The van der Waals surface area contributed by atoms with E-state index in [1.807, 2.05) is 0 Å². The van der Waals surface area contributed by atoms with Crippen LogP contribution in [-0.2, 0) is 13.0 Å². The summed E-state index contributed by atoms with van der Waals surface area (Å²) in [5.74, 6) is -0.0921. The minimum atomic E-state index is -0.542. The lowest BCUT2D eigenvalue weighted by Crippen LogP contribution is -2.19. The van der Waals surface area contributed by atoms with Gasteiger partial charge in [0.05, 0.1) is 10.7 Å². The number of fused-ring (bicyclic) bond motifs is 1. The van der Waals surface area contributed by atoms with Gasteiger partial charge in [-0.05, 0) is 24.1 Å². The molecule has 1 aromatic carbocycles. The van der Waals surface area contributed by atoms with Crippen molar-refractivity contribution >= 4 is 28.1 Å². The third kappa shape index (κ3) is 4.17. The van der Waals surface area contributed by atoms with E-state index in [9.17, 15) is 9.59 Å². The third-order valence-corrected chi connectivity index (χ3v) is 5.09. The molecule has 26 heavy (non-hydrogen) atoms. The number of amides is 1. The Kier molecular flexibility index (Phi) is 5.49. The molecular formula is C19H22N4O2S. The summed E-state index contributed by atoms with van der Waals surface area (Å²) in [6, 6.07) is 6.42. The summed E-state index contributed by atoms with van der Waals surface area (Å²) >= 11 is 1.69. The van der Waals surface area contributed by atoms with Gasteiger partial charge in [0.1, 0.15) is 0 Å². The van der Waals surface area contributed by atoms with E-state index in [4.69, 9.17) is 5.73 Å². The molecule has 0 saturated heterocycles. The number of nitrogens with zero attached hydrogens (tertiary/aromatic N) is 1. The van der Waals surface area contributed by atoms with Crippen molar-refractivity contribution in [2.45, 2.75) is 32.7 Å². The van der Waals surface area contributed by atoms with Crippen LogP contribution in [0.2, 0.25) is 0 Å². The maximum Gasteiger partial charge on any atom is 0.248 e. The van der Waals surface area contributed by atoms with Gasteiger partial charge in [0, 0.05) is 53.1 Å². The van der Waals surface area contributed by atoms with E-state index in [1.54, 1.807) is 29.5 Å². The first-order chi connectivity index (χ1) is 12.4. The molecule has 3 aromatic rings. The maximum atomic E-state index is 12.3. The fraction of sp³-hybridized carbons (Fsp3) is 0.316. The molecule has 0 bridgehead atoms. The van der Waals surface area contributed by atoms with Gasteiger partial charge in [-0.2, -0.15) is 0 Å². The van der Waals surface area contributed by atoms with Crippen LogP contribution in [0.25, 0.3) is 10.9 Å². The minimum Gasteiger partial charge on any atom is -0.366 e. The molecule has 0 fully saturated rings. The average molecular weight is 370 g/mol. The topological polar surface area (TPSA) is 101 Å². The van der Waals surface area contributed by atoms with Crippen LogP contribution in [0.15, 0.2) is 34.4 Å². The highest BCUT2D eigenvalue weighted by Crippen LogP contribution is 2.17. The smallest absolute Gasteiger partial charge is 0.248 e. The van der Waals surface area contributed by atoms with E-state index >= 15 is 0 Å². The van der Waals surface area contributed by atoms with Gasteiger partial charge in [-0.1, -0.05) is 13.8 Å². The van der Waals surface area contributed by atoms with Crippen LogP contribution in [0, 0.1) is 0 Å². The molecule has 0 aliphatic rings. The van der Waals surface area contributed by atoms with Gasteiger partial charge in [-0.15, -0.1) is 11.3 Å².